The number of benzene rings is 1. The molecule has 0 N–H and O–H groups in total. The molecule has 0 bridgehead atoms. The van der Waals surface area contributed by atoms with Gasteiger partial charge in [0.2, 0.25) is 0 Å². The van der Waals surface area contributed by atoms with Crippen molar-refractivity contribution < 1.29 is 19.1 Å². The van der Waals surface area contributed by atoms with Gasteiger partial charge in [-0.05, 0) is 45.7 Å². The second kappa shape index (κ2) is 9.03. The summed E-state index contributed by atoms with van der Waals surface area (Å²) in [5.74, 6) is 1.14. The molecule has 0 aliphatic carbocycles. The minimum Gasteiger partial charge on any atom is -0.444 e. The van der Waals surface area contributed by atoms with Gasteiger partial charge in [-0.15, -0.1) is 0 Å². The Bertz CT molecular complexity index is 780. The summed E-state index contributed by atoms with van der Waals surface area (Å²) in [5.41, 5.74) is 0.469. The van der Waals surface area contributed by atoms with Crippen molar-refractivity contribution in [2.45, 2.75) is 45.3 Å². The minimum absolute atomic E-state index is 0.194. The number of likely N-dealkylation sites (tertiary alicyclic amines) is 1. The largest absolute Gasteiger partial charge is 0.444 e. The molecule has 3 rings (SSSR count). The van der Waals surface area contributed by atoms with Crippen molar-refractivity contribution >= 4 is 29.7 Å². The number of thioether (sulfide) groups is 1. The Kier molecular flexibility index (Phi) is 6.67. The highest BCUT2D eigenvalue weighted by Crippen LogP contribution is 2.24. The van der Waals surface area contributed by atoms with Crippen LogP contribution in [0, 0.1) is 0 Å². The van der Waals surface area contributed by atoms with Gasteiger partial charge >= 0.3 is 6.09 Å². The number of fused-ring (bicyclic) bond motifs is 1. The van der Waals surface area contributed by atoms with E-state index in [4.69, 9.17) is 4.74 Å². The lowest BCUT2D eigenvalue weighted by Gasteiger charge is -2.28. The molecule has 6 nitrogen and oxygen atoms in total. The van der Waals surface area contributed by atoms with Crippen LogP contribution in [0.15, 0.2) is 36.4 Å². The maximum absolute atomic E-state index is 12.3. The molecule has 2 heterocycles. The molecule has 0 saturated carbocycles. The Morgan fingerprint density at radius 3 is 2.45 bits per heavy atom. The molecule has 29 heavy (non-hydrogen) atoms. The second-order valence-corrected chi connectivity index (χ2v) is 9.32. The lowest BCUT2D eigenvalue weighted by Crippen LogP contribution is -2.40. The van der Waals surface area contributed by atoms with Crippen LogP contribution in [-0.4, -0.2) is 63.9 Å². The number of carbonyl (C=O) groups is 3. The van der Waals surface area contributed by atoms with Crippen molar-refractivity contribution in [3.05, 3.63) is 47.5 Å². The minimum atomic E-state index is -0.482. The smallest absolute Gasteiger partial charge is 0.410 e. The molecule has 0 radical (unpaired) electrons. The number of ether oxygens (including phenoxy) is 1. The van der Waals surface area contributed by atoms with E-state index in [1.54, 1.807) is 36.0 Å². The van der Waals surface area contributed by atoms with Crippen LogP contribution in [0.2, 0.25) is 0 Å². The Balaban J connectivity index is 1.42. The zero-order valence-corrected chi connectivity index (χ0v) is 18.0. The van der Waals surface area contributed by atoms with Gasteiger partial charge in [0.25, 0.3) is 11.8 Å². The van der Waals surface area contributed by atoms with Crippen LogP contribution in [0.25, 0.3) is 0 Å². The average molecular weight is 417 g/mol. The molecular formula is C22H28N2O4S. The highest BCUT2D eigenvalue weighted by molar-refractivity contribution is 7.99. The fourth-order valence-corrected chi connectivity index (χ4v) is 4.52. The van der Waals surface area contributed by atoms with E-state index in [0.29, 0.717) is 11.1 Å². The Hall–Kier alpha value is -2.28. The van der Waals surface area contributed by atoms with Gasteiger partial charge in [-0.3, -0.25) is 14.5 Å². The Labute approximate surface area is 176 Å². The van der Waals surface area contributed by atoms with Gasteiger partial charge in [0.1, 0.15) is 5.60 Å². The first-order valence-electron chi connectivity index (χ1n) is 9.95. The van der Waals surface area contributed by atoms with Crippen LogP contribution in [0.5, 0.6) is 0 Å². The van der Waals surface area contributed by atoms with Crippen LogP contribution < -0.4 is 0 Å². The van der Waals surface area contributed by atoms with Crippen molar-refractivity contribution in [1.82, 2.24) is 9.80 Å². The van der Waals surface area contributed by atoms with E-state index >= 15 is 0 Å². The first kappa shape index (κ1) is 21.4. The first-order valence-corrected chi connectivity index (χ1v) is 11.1. The van der Waals surface area contributed by atoms with Gasteiger partial charge in [-0.1, -0.05) is 24.3 Å². The normalized spacial score (nSPS) is 19.3. The monoisotopic (exact) mass is 416 g/mol. The van der Waals surface area contributed by atoms with E-state index < -0.39 is 5.60 Å². The molecular weight excluding hydrogens is 388 g/mol. The molecule has 2 aliphatic rings. The quantitative estimate of drug-likeness (QED) is 0.399. The third kappa shape index (κ3) is 5.21. The number of imide groups is 1. The molecule has 1 unspecified atom stereocenters. The molecule has 156 valence electrons. The highest BCUT2D eigenvalue weighted by atomic mass is 32.2. The van der Waals surface area contributed by atoms with E-state index in [1.807, 2.05) is 37.8 Å². The average Bonchev–Trinajstić information content (AvgIpc) is 3.22. The molecule has 1 fully saturated rings. The van der Waals surface area contributed by atoms with Crippen LogP contribution in [0.1, 0.15) is 54.3 Å². The van der Waals surface area contributed by atoms with Crippen molar-refractivity contribution in [3.8, 4) is 0 Å². The summed E-state index contributed by atoms with van der Waals surface area (Å²) in [4.78, 5) is 40.1. The molecule has 1 atom stereocenters. The number of nitrogens with zero attached hydrogens (tertiary/aromatic N) is 2. The van der Waals surface area contributed by atoms with E-state index in [2.05, 4.69) is 0 Å². The summed E-state index contributed by atoms with van der Waals surface area (Å²) in [6, 6.07) is 7.10. The predicted octanol–water partition coefficient (Wildman–Crippen LogP) is 3.97. The van der Waals surface area contributed by atoms with Gasteiger partial charge in [0.05, 0.1) is 11.1 Å². The summed E-state index contributed by atoms with van der Waals surface area (Å²) in [6.07, 6.45) is 5.59. The lowest BCUT2D eigenvalue weighted by atomic mass is 10.1. The molecule has 1 aromatic carbocycles. The number of rotatable bonds is 6. The zero-order valence-electron chi connectivity index (χ0n) is 17.2. The Morgan fingerprint density at radius 2 is 1.83 bits per heavy atom. The van der Waals surface area contributed by atoms with Crippen molar-refractivity contribution in [3.63, 3.8) is 0 Å². The first-order chi connectivity index (χ1) is 13.8. The van der Waals surface area contributed by atoms with Gasteiger partial charge in [-0.25, -0.2) is 4.79 Å². The van der Waals surface area contributed by atoms with Crippen LogP contribution >= 0.6 is 11.8 Å². The number of hydrogen-bond donors (Lipinski definition) is 0. The van der Waals surface area contributed by atoms with Crippen molar-refractivity contribution in [2.75, 3.05) is 24.6 Å². The SMILES string of the molecule is CC(C)(C)OC(=O)N1CCCC1CSCC=CCN1C(=O)c2ccccc2C1=O. The Morgan fingerprint density at radius 1 is 1.17 bits per heavy atom. The van der Waals surface area contributed by atoms with E-state index in [0.717, 1.165) is 30.9 Å². The topological polar surface area (TPSA) is 66.9 Å². The molecule has 7 heteroatoms. The van der Waals surface area contributed by atoms with E-state index in [-0.39, 0.29) is 30.5 Å². The fraction of sp³-hybridized carbons (Fsp3) is 0.500. The number of hydrogen-bond acceptors (Lipinski definition) is 5. The number of amides is 3. The zero-order chi connectivity index (χ0) is 21.0. The summed E-state index contributed by atoms with van der Waals surface area (Å²) < 4.78 is 5.49. The standard InChI is InChI=1S/C22H28N2O4S/c1-22(2,3)28-21(27)23-13-8-9-16(23)15-29-14-7-6-12-24-19(25)17-10-4-5-11-18(17)20(24)26/h4-7,10-11,16H,8-9,12-15H2,1-3H3. The van der Waals surface area contributed by atoms with Crippen LogP contribution in [0.4, 0.5) is 4.79 Å². The lowest BCUT2D eigenvalue weighted by molar-refractivity contribution is 0.0241. The molecule has 0 aromatic heterocycles. The summed E-state index contributed by atoms with van der Waals surface area (Å²) >= 11 is 1.74. The third-order valence-electron chi connectivity index (χ3n) is 4.86. The van der Waals surface area contributed by atoms with Gasteiger partial charge in [0, 0.05) is 30.6 Å². The third-order valence-corrected chi connectivity index (χ3v) is 5.91. The van der Waals surface area contributed by atoms with E-state index in [1.165, 1.54) is 4.90 Å². The second-order valence-electron chi connectivity index (χ2n) is 8.25. The molecule has 3 amide bonds. The van der Waals surface area contributed by atoms with Crippen molar-refractivity contribution in [2.24, 2.45) is 0 Å². The van der Waals surface area contributed by atoms with Gasteiger partial charge in [-0.2, -0.15) is 11.8 Å². The fourth-order valence-electron chi connectivity index (χ4n) is 3.49. The van der Waals surface area contributed by atoms with Gasteiger partial charge in [0.15, 0.2) is 0 Å². The van der Waals surface area contributed by atoms with Crippen molar-refractivity contribution in [1.29, 1.82) is 0 Å². The number of carbonyl (C=O) groups excluding carboxylic acids is 3. The van der Waals surface area contributed by atoms with Gasteiger partial charge < -0.3 is 9.64 Å². The van der Waals surface area contributed by atoms with Crippen LogP contribution in [0.3, 0.4) is 0 Å². The van der Waals surface area contributed by atoms with E-state index in [9.17, 15) is 14.4 Å². The molecule has 2 aliphatic heterocycles. The maximum Gasteiger partial charge on any atom is 0.410 e. The molecule has 1 aromatic rings. The highest BCUT2D eigenvalue weighted by Gasteiger charge is 2.34. The summed E-state index contributed by atoms with van der Waals surface area (Å²) in [6.45, 7) is 6.66. The molecule has 0 spiro atoms. The van der Waals surface area contributed by atoms with Crippen LogP contribution in [-0.2, 0) is 4.74 Å². The predicted molar refractivity (Wildman–Crippen MR) is 114 cm³/mol. The summed E-state index contributed by atoms with van der Waals surface area (Å²) in [7, 11) is 0. The molecule has 1 saturated heterocycles. The summed E-state index contributed by atoms with van der Waals surface area (Å²) in [5, 5.41) is 0. The maximum atomic E-state index is 12.3.